The molecular formula is C12H11ClFN3O. The van der Waals surface area contributed by atoms with Crippen LogP contribution in [0.4, 0.5) is 4.39 Å². The molecule has 1 aliphatic heterocycles. The van der Waals surface area contributed by atoms with Crippen LogP contribution < -0.4 is 5.32 Å². The van der Waals surface area contributed by atoms with Crippen molar-refractivity contribution in [2.24, 2.45) is 0 Å². The summed E-state index contributed by atoms with van der Waals surface area (Å²) < 4.78 is 18.2. The molecule has 0 aliphatic carbocycles. The highest BCUT2D eigenvalue weighted by atomic mass is 35.5. The van der Waals surface area contributed by atoms with Crippen LogP contribution in [-0.4, -0.2) is 16.7 Å². The third-order valence-electron chi connectivity index (χ3n) is 2.97. The first-order valence-electron chi connectivity index (χ1n) is 5.76. The lowest BCUT2D eigenvalue weighted by Crippen LogP contribution is -2.12. The van der Waals surface area contributed by atoms with Gasteiger partial charge in [0, 0.05) is 5.56 Å². The van der Waals surface area contributed by atoms with E-state index in [2.05, 4.69) is 15.5 Å². The van der Waals surface area contributed by atoms with E-state index in [-0.39, 0.29) is 16.9 Å². The molecule has 1 aliphatic rings. The normalized spacial score (nSPS) is 19.3. The zero-order chi connectivity index (χ0) is 12.5. The van der Waals surface area contributed by atoms with Gasteiger partial charge in [0.2, 0.25) is 11.7 Å². The predicted octanol–water partition coefficient (Wildman–Crippen LogP) is 2.95. The van der Waals surface area contributed by atoms with Crippen molar-refractivity contribution in [3.63, 3.8) is 0 Å². The van der Waals surface area contributed by atoms with Gasteiger partial charge >= 0.3 is 0 Å². The highest BCUT2D eigenvalue weighted by molar-refractivity contribution is 6.33. The van der Waals surface area contributed by atoms with Gasteiger partial charge < -0.3 is 9.84 Å². The summed E-state index contributed by atoms with van der Waals surface area (Å²) in [5, 5.41) is 7.44. The molecule has 0 amide bonds. The first kappa shape index (κ1) is 11.6. The van der Waals surface area contributed by atoms with Crippen molar-refractivity contribution in [1.82, 2.24) is 15.5 Å². The van der Waals surface area contributed by atoms with Crippen LogP contribution in [0.1, 0.15) is 24.8 Å². The lowest BCUT2D eigenvalue weighted by molar-refractivity contribution is 0.345. The molecular weight excluding hydrogens is 257 g/mol. The molecule has 3 rings (SSSR count). The van der Waals surface area contributed by atoms with E-state index >= 15 is 0 Å². The molecule has 2 aromatic rings. The van der Waals surface area contributed by atoms with Gasteiger partial charge in [-0.25, -0.2) is 4.39 Å². The van der Waals surface area contributed by atoms with Crippen molar-refractivity contribution in [1.29, 1.82) is 0 Å². The van der Waals surface area contributed by atoms with Crippen LogP contribution >= 0.6 is 11.6 Å². The molecule has 0 radical (unpaired) electrons. The Bertz CT molecular complexity index is 566. The van der Waals surface area contributed by atoms with E-state index < -0.39 is 0 Å². The lowest BCUT2D eigenvalue weighted by atomic mass is 10.2. The summed E-state index contributed by atoms with van der Waals surface area (Å²) in [6, 6.07) is 4.23. The zero-order valence-corrected chi connectivity index (χ0v) is 10.2. The van der Waals surface area contributed by atoms with Gasteiger partial charge in [0.05, 0.1) is 11.1 Å². The van der Waals surface area contributed by atoms with Crippen LogP contribution in [0.15, 0.2) is 22.7 Å². The molecule has 0 bridgehead atoms. The van der Waals surface area contributed by atoms with Gasteiger partial charge in [0.1, 0.15) is 5.82 Å². The molecule has 94 valence electrons. The van der Waals surface area contributed by atoms with Crippen LogP contribution in [0.2, 0.25) is 5.02 Å². The Kier molecular flexibility index (Phi) is 3.01. The Balaban J connectivity index is 1.92. The minimum absolute atomic E-state index is 0.116. The van der Waals surface area contributed by atoms with Crippen LogP contribution in [-0.2, 0) is 0 Å². The molecule has 4 nitrogen and oxygen atoms in total. The molecule has 1 aromatic carbocycles. The molecule has 18 heavy (non-hydrogen) atoms. The largest absolute Gasteiger partial charge is 0.337 e. The van der Waals surface area contributed by atoms with Crippen LogP contribution in [0.25, 0.3) is 11.4 Å². The summed E-state index contributed by atoms with van der Waals surface area (Å²) >= 11 is 5.96. The maximum Gasteiger partial charge on any atom is 0.244 e. The van der Waals surface area contributed by atoms with Crippen LogP contribution in [0, 0.1) is 5.82 Å². The summed E-state index contributed by atoms with van der Waals surface area (Å²) in [4.78, 5) is 4.31. The number of aromatic nitrogens is 2. The SMILES string of the molecule is Fc1ccc(-c2noc([C@H]3CCCN3)n2)c(Cl)c1. The molecule has 2 heterocycles. The minimum Gasteiger partial charge on any atom is -0.337 e. The number of nitrogens with one attached hydrogen (secondary N) is 1. The third kappa shape index (κ3) is 2.11. The average Bonchev–Trinajstić information content (AvgIpc) is 2.99. The Morgan fingerprint density at radius 1 is 1.44 bits per heavy atom. The quantitative estimate of drug-likeness (QED) is 0.909. The second-order valence-corrected chi connectivity index (χ2v) is 4.64. The van der Waals surface area contributed by atoms with Gasteiger partial charge in [-0.2, -0.15) is 4.98 Å². The predicted molar refractivity (Wildman–Crippen MR) is 64.7 cm³/mol. The average molecular weight is 268 g/mol. The van der Waals surface area contributed by atoms with Crippen molar-refractivity contribution < 1.29 is 8.91 Å². The first-order valence-corrected chi connectivity index (χ1v) is 6.14. The van der Waals surface area contributed by atoms with Crippen molar-refractivity contribution in [2.75, 3.05) is 6.54 Å². The Morgan fingerprint density at radius 2 is 2.33 bits per heavy atom. The maximum atomic E-state index is 13.0. The van der Waals surface area contributed by atoms with Crippen molar-refractivity contribution in [3.05, 3.63) is 34.9 Å². The van der Waals surface area contributed by atoms with Gasteiger partial charge in [-0.05, 0) is 37.6 Å². The molecule has 6 heteroatoms. The van der Waals surface area contributed by atoms with E-state index in [1.807, 2.05) is 0 Å². The van der Waals surface area contributed by atoms with E-state index in [0.29, 0.717) is 17.3 Å². The molecule has 0 unspecified atom stereocenters. The monoisotopic (exact) mass is 267 g/mol. The van der Waals surface area contributed by atoms with Gasteiger partial charge in [-0.15, -0.1) is 0 Å². The molecule has 1 aromatic heterocycles. The summed E-state index contributed by atoms with van der Waals surface area (Å²) in [6.07, 6.45) is 2.08. The summed E-state index contributed by atoms with van der Waals surface area (Å²) in [7, 11) is 0. The van der Waals surface area contributed by atoms with E-state index in [4.69, 9.17) is 16.1 Å². The maximum absolute atomic E-state index is 13.0. The van der Waals surface area contributed by atoms with Gasteiger partial charge in [-0.3, -0.25) is 0 Å². The molecule has 0 spiro atoms. The topological polar surface area (TPSA) is 51.0 Å². The second kappa shape index (κ2) is 4.66. The molecule has 1 saturated heterocycles. The van der Waals surface area contributed by atoms with Gasteiger partial charge in [0.15, 0.2) is 0 Å². The first-order chi connectivity index (χ1) is 8.74. The summed E-state index contributed by atoms with van der Waals surface area (Å²) in [6.45, 7) is 0.958. The number of benzene rings is 1. The zero-order valence-electron chi connectivity index (χ0n) is 9.49. The lowest BCUT2D eigenvalue weighted by Gasteiger charge is -2.01. The van der Waals surface area contributed by atoms with Crippen molar-refractivity contribution >= 4 is 11.6 Å². The van der Waals surface area contributed by atoms with E-state index in [0.717, 1.165) is 19.4 Å². The highest BCUT2D eigenvalue weighted by Crippen LogP contribution is 2.28. The number of hydrogen-bond donors (Lipinski definition) is 1. The summed E-state index contributed by atoms with van der Waals surface area (Å²) in [5.74, 6) is 0.566. The third-order valence-corrected chi connectivity index (χ3v) is 3.28. The smallest absolute Gasteiger partial charge is 0.244 e. The van der Waals surface area contributed by atoms with E-state index in [1.165, 1.54) is 12.1 Å². The second-order valence-electron chi connectivity index (χ2n) is 4.23. The molecule has 0 saturated carbocycles. The molecule has 1 N–H and O–H groups in total. The van der Waals surface area contributed by atoms with E-state index in [9.17, 15) is 4.39 Å². The van der Waals surface area contributed by atoms with Crippen molar-refractivity contribution in [2.45, 2.75) is 18.9 Å². The molecule has 1 fully saturated rings. The number of nitrogens with zero attached hydrogens (tertiary/aromatic N) is 2. The number of halogens is 2. The standard InChI is InChI=1S/C12H11ClFN3O/c13-9-6-7(14)3-4-8(9)11-16-12(18-17-11)10-2-1-5-15-10/h3-4,6,10,15H,1-2,5H2/t10-/m1/s1. The van der Waals surface area contributed by atoms with Crippen molar-refractivity contribution in [3.8, 4) is 11.4 Å². The van der Waals surface area contributed by atoms with Gasteiger partial charge in [-0.1, -0.05) is 16.8 Å². The Hall–Kier alpha value is -1.46. The number of rotatable bonds is 2. The Labute approximate surface area is 108 Å². The fourth-order valence-electron chi connectivity index (χ4n) is 2.05. The minimum atomic E-state index is -0.384. The fourth-order valence-corrected chi connectivity index (χ4v) is 2.30. The van der Waals surface area contributed by atoms with E-state index in [1.54, 1.807) is 6.07 Å². The Morgan fingerprint density at radius 3 is 3.06 bits per heavy atom. The highest BCUT2D eigenvalue weighted by Gasteiger charge is 2.23. The molecule has 1 atom stereocenters. The van der Waals surface area contributed by atoms with Crippen LogP contribution in [0.3, 0.4) is 0 Å². The fraction of sp³-hybridized carbons (Fsp3) is 0.333. The van der Waals surface area contributed by atoms with Crippen LogP contribution in [0.5, 0.6) is 0 Å². The number of hydrogen-bond acceptors (Lipinski definition) is 4. The summed E-state index contributed by atoms with van der Waals surface area (Å²) in [5.41, 5.74) is 0.575. The van der Waals surface area contributed by atoms with Gasteiger partial charge in [0.25, 0.3) is 0 Å².